The first-order chi connectivity index (χ1) is 15.3. The van der Waals surface area contributed by atoms with Crippen molar-refractivity contribution in [1.82, 2.24) is 20.0 Å². The molecule has 0 bridgehead atoms. The number of carbonyl (C=O) groups excluding carboxylic acids is 2. The van der Waals surface area contributed by atoms with E-state index < -0.39 is 18.0 Å². The zero-order valence-corrected chi connectivity index (χ0v) is 18.5. The minimum Gasteiger partial charge on any atom is -0.508 e. The minimum absolute atomic E-state index is 0.0295. The number of aromatic nitrogens is 2. The summed E-state index contributed by atoms with van der Waals surface area (Å²) in [7, 11) is 0. The zero-order chi connectivity index (χ0) is 22.6. The van der Waals surface area contributed by atoms with Crippen molar-refractivity contribution in [3.63, 3.8) is 0 Å². The Labute approximate surface area is 190 Å². The van der Waals surface area contributed by atoms with Gasteiger partial charge in [-0.05, 0) is 43.2 Å². The number of carbonyl (C=O) groups is 3. The maximum Gasteiger partial charge on any atom is 0.352 e. The van der Waals surface area contributed by atoms with E-state index in [1.54, 1.807) is 12.1 Å². The van der Waals surface area contributed by atoms with Crippen LogP contribution in [-0.4, -0.2) is 72.5 Å². The molecule has 0 spiro atoms. The molecule has 0 aliphatic carbocycles. The Morgan fingerprint density at radius 2 is 2.03 bits per heavy atom. The number of carboxylic acid groups (broad SMARTS) is 1. The standard InChI is InChI=1S/C20H19N5O5S2/c1-9-22-23-20(32-9)31-8-11-6-10-7-24(19(30)21-12-2-4-13(26)5-3-12)16-14(10)25(17(16)27)15(11)18(28)29/h2-5,10,14,16,26H,6-8H2,1H3,(H,21,30)(H,28,29)/t10-,14-,16+/m1/s1. The van der Waals surface area contributed by atoms with Crippen molar-refractivity contribution in [2.24, 2.45) is 5.92 Å². The summed E-state index contributed by atoms with van der Waals surface area (Å²) in [5.41, 5.74) is 1.20. The highest BCUT2D eigenvalue weighted by molar-refractivity contribution is 8.01. The molecule has 0 radical (unpaired) electrons. The highest BCUT2D eigenvalue weighted by Gasteiger charge is 2.64. The Bertz CT molecular complexity index is 1150. The Morgan fingerprint density at radius 3 is 2.69 bits per heavy atom. The molecule has 0 unspecified atom stereocenters. The lowest BCUT2D eigenvalue weighted by Crippen LogP contribution is -2.69. The van der Waals surface area contributed by atoms with Crippen molar-refractivity contribution in [2.75, 3.05) is 17.6 Å². The third-order valence-electron chi connectivity index (χ3n) is 5.91. The predicted octanol–water partition coefficient (Wildman–Crippen LogP) is 2.13. The molecule has 3 aliphatic rings. The number of likely N-dealkylation sites (tertiary alicyclic amines) is 1. The van der Waals surface area contributed by atoms with Crippen LogP contribution in [0.5, 0.6) is 5.75 Å². The lowest BCUT2D eigenvalue weighted by Gasteiger charge is -2.49. The topological polar surface area (TPSA) is 136 Å². The molecule has 1 aromatic heterocycles. The highest BCUT2D eigenvalue weighted by Crippen LogP contribution is 2.48. The second-order valence-electron chi connectivity index (χ2n) is 7.87. The van der Waals surface area contributed by atoms with E-state index in [1.807, 2.05) is 6.92 Å². The Kier molecular flexibility index (Phi) is 5.05. The van der Waals surface area contributed by atoms with E-state index in [2.05, 4.69) is 15.5 Å². The molecular formula is C20H19N5O5S2. The van der Waals surface area contributed by atoms with Gasteiger partial charge in [0.25, 0.3) is 5.91 Å². The predicted molar refractivity (Wildman–Crippen MR) is 116 cm³/mol. The van der Waals surface area contributed by atoms with Crippen LogP contribution in [0, 0.1) is 12.8 Å². The monoisotopic (exact) mass is 473 g/mol. The van der Waals surface area contributed by atoms with Gasteiger partial charge in [0.1, 0.15) is 22.5 Å². The summed E-state index contributed by atoms with van der Waals surface area (Å²) in [5.74, 6) is -1.05. The van der Waals surface area contributed by atoms with Crippen LogP contribution in [0.15, 0.2) is 39.9 Å². The molecule has 3 amide bonds. The maximum atomic E-state index is 13.0. The molecule has 10 nitrogen and oxygen atoms in total. The lowest BCUT2D eigenvalue weighted by molar-refractivity contribution is -0.155. The van der Waals surface area contributed by atoms with Crippen LogP contribution in [-0.2, 0) is 9.59 Å². The van der Waals surface area contributed by atoms with Crippen LogP contribution in [0.3, 0.4) is 0 Å². The van der Waals surface area contributed by atoms with Gasteiger partial charge in [-0.25, -0.2) is 9.59 Å². The van der Waals surface area contributed by atoms with Crippen LogP contribution in [0.25, 0.3) is 0 Å². The minimum atomic E-state index is -1.13. The fourth-order valence-corrected chi connectivity index (χ4v) is 6.44. The summed E-state index contributed by atoms with van der Waals surface area (Å²) in [5, 5.41) is 30.9. The molecule has 3 atom stereocenters. The number of anilines is 1. The number of rotatable bonds is 5. The number of phenols is 1. The maximum absolute atomic E-state index is 13.0. The Balaban J connectivity index is 1.34. The Morgan fingerprint density at radius 1 is 1.28 bits per heavy atom. The third-order valence-corrected chi connectivity index (χ3v) is 7.96. The largest absolute Gasteiger partial charge is 0.508 e. The van der Waals surface area contributed by atoms with Gasteiger partial charge in [-0.3, -0.25) is 9.69 Å². The number of phenolic OH excluding ortho intramolecular Hbond substituents is 1. The number of aromatic hydroxyl groups is 1. The van der Waals surface area contributed by atoms with Crippen molar-refractivity contribution < 1.29 is 24.6 Å². The van der Waals surface area contributed by atoms with Gasteiger partial charge >= 0.3 is 12.0 Å². The first kappa shape index (κ1) is 20.8. The van der Waals surface area contributed by atoms with E-state index in [9.17, 15) is 24.6 Å². The summed E-state index contributed by atoms with van der Waals surface area (Å²) in [6, 6.07) is 4.66. The third kappa shape index (κ3) is 3.39. The van der Waals surface area contributed by atoms with Gasteiger partial charge in [-0.2, -0.15) is 0 Å². The summed E-state index contributed by atoms with van der Waals surface area (Å²) >= 11 is 2.84. The number of hydrogen-bond donors (Lipinski definition) is 3. The van der Waals surface area contributed by atoms with Crippen molar-refractivity contribution in [1.29, 1.82) is 0 Å². The van der Waals surface area contributed by atoms with Gasteiger partial charge in [0, 0.05) is 23.9 Å². The van der Waals surface area contributed by atoms with Gasteiger partial charge in [-0.1, -0.05) is 23.1 Å². The number of hydrogen-bond acceptors (Lipinski definition) is 8. The molecule has 0 saturated carbocycles. The smallest absolute Gasteiger partial charge is 0.352 e. The van der Waals surface area contributed by atoms with E-state index in [0.717, 1.165) is 9.35 Å². The summed E-state index contributed by atoms with van der Waals surface area (Å²) in [6.07, 6.45) is 0.500. The van der Waals surface area contributed by atoms with Crippen LogP contribution >= 0.6 is 23.1 Å². The van der Waals surface area contributed by atoms with E-state index >= 15 is 0 Å². The van der Waals surface area contributed by atoms with Crippen LogP contribution in [0.4, 0.5) is 10.5 Å². The number of urea groups is 1. The number of thioether (sulfide) groups is 1. The van der Waals surface area contributed by atoms with E-state index in [0.29, 0.717) is 30.0 Å². The molecule has 3 N–H and O–H groups in total. The lowest BCUT2D eigenvalue weighted by atomic mass is 9.79. The van der Waals surface area contributed by atoms with Crippen LogP contribution < -0.4 is 5.32 Å². The molecule has 2 saturated heterocycles. The molecule has 2 aromatic rings. The molecule has 32 heavy (non-hydrogen) atoms. The number of aliphatic carboxylic acids is 1. The average molecular weight is 474 g/mol. The summed E-state index contributed by atoms with van der Waals surface area (Å²) in [6.45, 7) is 2.21. The van der Waals surface area contributed by atoms with Gasteiger partial charge in [-0.15, -0.1) is 10.2 Å². The summed E-state index contributed by atoms with van der Waals surface area (Å²) in [4.78, 5) is 40.7. The number of amides is 3. The van der Waals surface area contributed by atoms with Crippen molar-refractivity contribution in [2.45, 2.75) is 29.8 Å². The number of carboxylic acids is 1. The first-order valence-corrected chi connectivity index (χ1v) is 11.7. The fourth-order valence-electron chi connectivity index (χ4n) is 4.60. The molecule has 3 aliphatic heterocycles. The second kappa shape index (κ2) is 7.78. The van der Waals surface area contributed by atoms with Gasteiger partial charge in [0.05, 0.1) is 6.04 Å². The number of β-lactam (4-membered cyclic amide) rings is 1. The molecule has 5 rings (SSSR count). The average Bonchev–Trinajstić information content (AvgIpc) is 3.34. The number of nitrogens with one attached hydrogen (secondary N) is 1. The highest BCUT2D eigenvalue weighted by atomic mass is 32.2. The van der Waals surface area contributed by atoms with Gasteiger partial charge in [0.15, 0.2) is 4.34 Å². The quantitative estimate of drug-likeness (QED) is 0.341. The van der Waals surface area contributed by atoms with Gasteiger partial charge < -0.3 is 20.4 Å². The van der Waals surface area contributed by atoms with E-state index in [-0.39, 0.29) is 29.3 Å². The SMILES string of the molecule is Cc1nnc(SCC2=C(C(=O)O)N3C(=O)[C@@H]4[C@H]3[C@H](C2)CN4C(=O)Nc2ccc(O)cc2)s1. The number of aryl methyl sites for hydroxylation is 1. The van der Waals surface area contributed by atoms with Crippen molar-refractivity contribution in [3.8, 4) is 5.75 Å². The molecule has 2 fully saturated rings. The molecule has 12 heteroatoms. The number of nitrogens with zero attached hydrogens (tertiary/aromatic N) is 4. The number of benzene rings is 1. The van der Waals surface area contributed by atoms with Crippen LogP contribution in [0.2, 0.25) is 0 Å². The normalized spacial score (nSPS) is 23.8. The molecule has 4 heterocycles. The fraction of sp³-hybridized carbons (Fsp3) is 0.350. The Hall–Kier alpha value is -3.12. The van der Waals surface area contributed by atoms with Crippen molar-refractivity contribution in [3.05, 3.63) is 40.5 Å². The van der Waals surface area contributed by atoms with Gasteiger partial charge in [0.2, 0.25) is 0 Å². The zero-order valence-electron chi connectivity index (χ0n) is 16.9. The molecule has 1 aromatic carbocycles. The van der Waals surface area contributed by atoms with E-state index in [1.165, 1.54) is 45.0 Å². The molecule has 166 valence electrons. The summed E-state index contributed by atoms with van der Waals surface area (Å²) < 4.78 is 0.746. The van der Waals surface area contributed by atoms with Crippen molar-refractivity contribution >= 4 is 46.7 Å². The van der Waals surface area contributed by atoms with E-state index in [4.69, 9.17) is 0 Å². The first-order valence-electron chi connectivity index (χ1n) is 9.91. The molecular weight excluding hydrogens is 454 g/mol. The second-order valence-corrected chi connectivity index (χ2v) is 10.3. The van der Waals surface area contributed by atoms with Crippen LogP contribution in [0.1, 0.15) is 11.4 Å².